The van der Waals surface area contributed by atoms with E-state index in [-0.39, 0.29) is 0 Å². The summed E-state index contributed by atoms with van der Waals surface area (Å²) in [5.74, 6) is 0. The summed E-state index contributed by atoms with van der Waals surface area (Å²) in [4.78, 5) is 0. The highest BCUT2D eigenvalue weighted by Crippen LogP contribution is 2.52. The summed E-state index contributed by atoms with van der Waals surface area (Å²) in [5, 5.41) is 12.6. The number of rotatable bonds is 5. The van der Waals surface area contributed by atoms with Crippen molar-refractivity contribution in [1.82, 2.24) is 0 Å². The van der Waals surface area contributed by atoms with Gasteiger partial charge < -0.3 is 5.73 Å². The maximum absolute atomic E-state index is 6.74. The fourth-order valence-electron chi connectivity index (χ4n) is 11.4. The lowest BCUT2D eigenvalue weighted by Gasteiger charge is -2.19. The molecule has 286 valence electrons. The Hall–Kier alpha value is -7.48. The molecule has 2 N–H and O–H groups in total. The van der Waals surface area contributed by atoms with Crippen molar-refractivity contribution in [3.8, 4) is 33.4 Å². The monoisotopic (exact) mass is 775 g/mol. The number of benzene rings is 9. The Balaban J connectivity index is 1.11. The third-order valence-corrected chi connectivity index (χ3v) is 14.0. The van der Waals surface area contributed by atoms with Crippen molar-refractivity contribution in [2.75, 3.05) is 0 Å². The van der Waals surface area contributed by atoms with Crippen molar-refractivity contribution in [1.29, 1.82) is 0 Å². The summed E-state index contributed by atoms with van der Waals surface area (Å²) in [5.41, 5.74) is 27.2. The number of nitrogens with two attached hydrogens (primary N) is 1. The summed E-state index contributed by atoms with van der Waals surface area (Å²) in [6.45, 7) is 3.95. The molecule has 1 nitrogen and oxygen atoms in total. The molecule has 9 aromatic carbocycles. The van der Waals surface area contributed by atoms with Crippen LogP contribution in [-0.2, 0) is 0 Å². The van der Waals surface area contributed by atoms with Crippen LogP contribution in [0.2, 0.25) is 0 Å². The quantitative estimate of drug-likeness (QED) is 0.137. The Morgan fingerprint density at radius 3 is 1.48 bits per heavy atom. The van der Waals surface area contributed by atoms with Gasteiger partial charge >= 0.3 is 0 Å². The minimum Gasteiger partial charge on any atom is -0.398 e. The molecule has 13 rings (SSSR count). The Morgan fingerprint density at radius 2 is 0.902 bits per heavy atom. The standard InChI is InChI=1S/C60H41N/c1-2-13-58(61)57-34-56-45-19-8-7-18-44(45)54(33-55(56)46-20-9-10-21-47(46)57)37-31-35(38-26-28-52-42-16-5-3-14-40(42)50-24-11-22-48(38)59(50)52)30-36(32-37)39-27-29-53-43-17-6-4-15-41(43)51-25-12-23-49(39)60(51)53/h2-4,7-15,18-34H,1,5-6,16-17,61H2/b58-13-. The minimum absolute atomic E-state index is 0.716. The number of hydrogen-bond donors (Lipinski definition) is 1. The van der Waals surface area contributed by atoms with E-state index in [0.717, 1.165) is 36.6 Å². The fraction of sp³-hybridized carbons (Fsp3) is 0.0667. The number of fused-ring (bicyclic) bond motifs is 9. The largest absolute Gasteiger partial charge is 0.398 e. The lowest BCUT2D eigenvalue weighted by atomic mass is 9.85. The predicted molar refractivity (Wildman–Crippen MR) is 263 cm³/mol. The number of allylic oxidation sites excluding steroid dienone is 10. The van der Waals surface area contributed by atoms with Crippen LogP contribution in [0.4, 0.5) is 0 Å². The molecule has 0 aliphatic heterocycles. The molecule has 0 saturated heterocycles. The predicted octanol–water partition coefficient (Wildman–Crippen LogP) is 16.1. The third kappa shape index (κ3) is 4.89. The van der Waals surface area contributed by atoms with Gasteiger partial charge in [0.2, 0.25) is 0 Å². The van der Waals surface area contributed by atoms with Gasteiger partial charge in [0, 0.05) is 11.3 Å². The number of hydrogen-bond acceptors (Lipinski definition) is 1. The zero-order chi connectivity index (χ0) is 40.3. The highest BCUT2D eigenvalue weighted by atomic mass is 14.6. The van der Waals surface area contributed by atoms with Crippen LogP contribution in [0.5, 0.6) is 0 Å². The van der Waals surface area contributed by atoms with E-state index in [4.69, 9.17) is 5.73 Å². The lowest BCUT2D eigenvalue weighted by Crippen LogP contribution is -1.98. The van der Waals surface area contributed by atoms with Crippen LogP contribution in [0.3, 0.4) is 0 Å². The van der Waals surface area contributed by atoms with Crippen LogP contribution in [0.15, 0.2) is 183 Å². The van der Waals surface area contributed by atoms with Gasteiger partial charge in [-0.3, -0.25) is 0 Å². The second kappa shape index (κ2) is 13.0. The summed E-state index contributed by atoms with van der Waals surface area (Å²) < 4.78 is 0. The average molecular weight is 776 g/mol. The van der Waals surface area contributed by atoms with Crippen LogP contribution in [0.1, 0.15) is 53.5 Å². The zero-order valence-electron chi connectivity index (χ0n) is 33.9. The van der Waals surface area contributed by atoms with Crippen molar-refractivity contribution in [2.45, 2.75) is 25.7 Å². The van der Waals surface area contributed by atoms with Crippen LogP contribution >= 0.6 is 0 Å². The molecule has 61 heavy (non-hydrogen) atoms. The molecule has 0 unspecified atom stereocenters. The first-order valence-electron chi connectivity index (χ1n) is 21.7. The molecule has 0 aromatic heterocycles. The fourth-order valence-corrected chi connectivity index (χ4v) is 11.4. The van der Waals surface area contributed by atoms with Gasteiger partial charge in [0.25, 0.3) is 0 Å². The smallest absolute Gasteiger partial charge is 0.0393 e. The Morgan fingerprint density at radius 1 is 0.426 bits per heavy atom. The van der Waals surface area contributed by atoms with Gasteiger partial charge in [-0.25, -0.2) is 0 Å². The highest BCUT2D eigenvalue weighted by Gasteiger charge is 2.27. The highest BCUT2D eigenvalue weighted by molar-refractivity contribution is 6.24. The zero-order valence-corrected chi connectivity index (χ0v) is 33.9. The first-order chi connectivity index (χ1) is 30.1. The van der Waals surface area contributed by atoms with E-state index in [2.05, 4.69) is 170 Å². The third-order valence-electron chi connectivity index (χ3n) is 14.0. The van der Waals surface area contributed by atoms with Crippen molar-refractivity contribution >= 4 is 81.9 Å². The lowest BCUT2D eigenvalue weighted by molar-refractivity contribution is 1.06. The van der Waals surface area contributed by atoms with Gasteiger partial charge in [-0.05, 0) is 194 Å². The molecule has 0 heterocycles. The van der Waals surface area contributed by atoms with E-state index >= 15 is 0 Å². The van der Waals surface area contributed by atoms with Crippen LogP contribution < -0.4 is 5.73 Å². The van der Waals surface area contributed by atoms with Gasteiger partial charge in [-0.2, -0.15) is 0 Å². The molecular weight excluding hydrogens is 735 g/mol. The van der Waals surface area contributed by atoms with E-state index in [9.17, 15) is 0 Å². The van der Waals surface area contributed by atoms with E-state index in [0.29, 0.717) is 5.70 Å². The molecule has 0 spiro atoms. The molecule has 0 bridgehead atoms. The first-order valence-corrected chi connectivity index (χ1v) is 21.7. The molecule has 0 atom stereocenters. The topological polar surface area (TPSA) is 26.0 Å². The summed E-state index contributed by atoms with van der Waals surface area (Å²) >= 11 is 0. The summed E-state index contributed by atoms with van der Waals surface area (Å²) in [6, 6.07) is 53.1. The van der Waals surface area contributed by atoms with Crippen LogP contribution in [0, 0.1) is 0 Å². The molecule has 1 heteroatoms. The van der Waals surface area contributed by atoms with Crippen molar-refractivity contribution in [2.24, 2.45) is 5.73 Å². The molecular formula is C60H41N. The Labute approximate surface area is 355 Å². The van der Waals surface area contributed by atoms with Crippen molar-refractivity contribution < 1.29 is 0 Å². The van der Waals surface area contributed by atoms with Gasteiger partial charge in [-0.15, -0.1) is 0 Å². The molecule has 4 aliphatic rings. The van der Waals surface area contributed by atoms with Gasteiger partial charge in [0.05, 0.1) is 0 Å². The maximum Gasteiger partial charge on any atom is 0.0393 e. The van der Waals surface area contributed by atoms with Crippen LogP contribution in [-0.4, -0.2) is 0 Å². The molecule has 0 saturated carbocycles. The van der Waals surface area contributed by atoms with Gasteiger partial charge in [-0.1, -0.05) is 146 Å². The van der Waals surface area contributed by atoms with Gasteiger partial charge in [0.15, 0.2) is 0 Å². The Bertz CT molecular complexity index is 3510. The van der Waals surface area contributed by atoms with Gasteiger partial charge in [0.1, 0.15) is 0 Å². The molecule has 0 amide bonds. The summed E-state index contributed by atoms with van der Waals surface area (Å²) in [7, 11) is 0. The van der Waals surface area contributed by atoms with Crippen LogP contribution in [0.25, 0.3) is 115 Å². The average Bonchev–Trinajstić information content (AvgIpc) is 3.83. The van der Waals surface area contributed by atoms with E-state index in [1.165, 1.54) is 126 Å². The molecule has 0 radical (unpaired) electrons. The van der Waals surface area contributed by atoms with E-state index in [1.807, 2.05) is 6.08 Å². The van der Waals surface area contributed by atoms with Crippen molar-refractivity contribution in [3.05, 3.63) is 210 Å². The first kappa shape index (κ1) is 34.4. The second-order valence-corrected chi connectivity index (χ2v) is 17.1. The maximum atomic E-state index is 6.74. The normalized spacial score (nSPS) is 15.2. The minimum atomic E-state index is 0.716. The second-order valence-electron chi connectivity index (χ2n) is 17.1. The van der Waals surface area contributed by atoms with E-state index < -0.39 is 0 Å². The molecule has 9 aromatic rings. The molecule has 0 fully saturated rings. The van der Waals surface area contributed by atoms with Crippen molar-refractivity contribution in [3.63, 3.8) is 0 Å². The molecule has 4 aliphatic carbocycles. The summed E-state index contributed by atoms with van der Waals surface area (Å²) in [6.07, 6.45) is 17.4. The SMILES string of the molecule is C=C/C=C(\N)c1cc2c3ccccc3c(-c3cc(-c4ccc5c6c(cccc46)C4=C5CCC=C4)cc(-c4ccc5c6c(cccc46)C4=C5CCC=C4)c3)cc2c2ccccc12. The Kier molecular flexibility index (Phi) is 7.33. The van der Waals surface area contributed by atoms with E-state index in [1.54, 1.807) is 6.08 Å².